The van der Waals surface area contributed by atoms with Gasteiger partial charge < -0.3 is 19.1 Å². The van der Waals surface area contributed by atoms with Crippen molar-refractivity contribution in [2.75, 3.05) is 21.2 Å². The van der Waals surface area contributed by atoms with E-state index in [0.717, 1.165) is 53.4 Å². The standard InChI is InChI=1S/C59H58BN3O/c1-6-7-8-19-33-59(5)38-61(41-22-11-9-12-23-41)50-37-52-48(36-46(50)59)60-47-32-31-40(58(2,3)4)35-51(47)62(42-24-13-10-14-25-42)56-43-26-16-15-21-39(43)34-53(55(56)60)63(52)49-29-20-28-45-44-27-17-18-30-54(44)64-57(45)49/h9-14,17-18,20,22-25,27-32,34-37H,6-8,15-16,19,21,26,33,38H2,1-5H3. The van der Waals surface area contributed by atoms with Crippen LogP contribution in [0.4, 0.5) is 45.5 Å². The second kappa shape index (κ2) is 14.9. The van der Waals surface area contributed by atoms with Gasteiger partial charge >= 0.3 is 0 Å². The van der Waals surface area contributed by atoms with Gasteiger partial charge in [0, 0.05) is 62.5 Å². The van der Waals surface area contributed by atoms with E-state index >= 15 is 0 Å². The van der Waals surface area contributed by atoms with Crippen molar-refractivity contribution in [2.24, 2.45) is 0 Å². The molecule has 4 aliphatic rings. The minimum absolute atomic E-state index is 0.00716. The third-order valence-electron chi connectivity index (χ3n) is 15.3. The average molecular weight is 836 g/mol. The van der Waals surface area contributed by atoms with Gasteiger partial charge in [-0.1, -0.05) is 145 Å². The highest BCUT2D eigenvalue weighted by atomic mass is 16.3. The van der Waals surface area contributed by atoms with Crippen LogP contribution >= 0.6 is 0 Å². The van der Waals surface area contributed by atoms with Gasteiger partial charge in [-0.05, 0) is 131 Å². The quantitative estimate of drug-likeness (QED) is 0.112. The van der Waals surface area contributed by atoms with Crippen molar-refractivity contribution < 1.29 is 4.42 Å². The highest BCUT2D eigenvalue weighted by Crippen LogP contribution is 2.54. The van der Waals surface area contributed by atoms with Crippen LogP contribution in [-0.2, 0) is 23.7 Å². The SMILES string of the molecule is CCCCCCC1(C)CN(c2ccccc2)c2cc3c(cc21)B1c2ccc(C(C)(C)C)cc2N(c2ccccc2)c2c4c(cc(c21)N3c1cccc2c1oc1ccccc12)CCCC4. The molecule has 1 aliphatic carbocycles. The van der Waals surface area contributed by atoms with E-state index in [-0.39, 0.29) is 17.5 Å². The van der Waals surface area contributed by atoms with E-state index < -0.39 is 0 Å². The van der Waals surface area contributed by atoms with Crippen LogP contribution in [0.1, 0.15) is 102 Å². The van der Waals surface area contributed by atoms with Crippen molar-refractivity contribution in [3.8, 4) is 0 Å². The minimum atomic E-state index is -0.0137. The smallest absolute Gasteiger partial charge is 0.252 e. The molecule has 7 aromatic carbocycles. The highest BCUT2D eigenvalue weighted by Gasteiger charge is 2.48. The monoisotopic (exact) mass is 835 g/mol. The molecule has 318 valence electrons. The summed E-state index contributed by atoms with van der Waals surface area (Å²) in [5.74, 6) is 0. The number of hydrogen-bond acceptors (Lipinski definition) is 4. The Hall–Kier alpha value is -6.20. The van der Waals surface area contributed by atoms with Gasteiger partial charge in [0.15, 0.2) is 5.58 Å². The summed E-state index contributed by atoms with van der Waals surface area (Å²) in [6.45, 7) is 13.0. The Morgan fingerprint density at radius 1 is 0.625 bits per heavy atom. The summed E-state index contributed by atoms with van der Waals surface area (Å²) >= 11 is 0. The fraction of sp³-hybridized carbons (Fsp3) is 0.288. The maximum Gasteiger partial charge on any atom is 0.252 e. The van der Waals surface area contributed by atoms with Crippen molar-refractivity contribution in [1.29, 1.82) is 0 Å². The molecule has 1 atom stereocenters. The summed E-state index contributed by atoms with van der Waals surface area (Å²) in [6, 6.07) is 53.0. The predicted octanol–water partition coefficient (Wildman–Crippen LogP) is 14.2. The van der Waals surface area contributed by atoms with Gasteiger partial charge in [0.1, 0.15) is 5.58 Å². The fourth-order valence-corrected chi connectivity index (χ4v) is 12.0. The largest absolute Gasteiger partial charge is 0.454 e. The summed E-state index contributed by atoms with van der Waals surface area (Å²) in [7, 11) is 0. The van der Waals surface area contributed by atoms with Crippen LogP contribution in [0.25, 0.3) is 21.9 Å². The third-order valence-corrected chi connectivity index (χ3v) is 15.3. The molecular formula is C59H58BN3O. The lowest BCUT2D eigenvalue weighted by molar-refractivity contribution is 0.437. The summed E-state index contributed by atoms with van der Waals surface area (Å²) in [6.07, 6.45) is 10.8. The van der Waals surface area contributed by atoms with Crippen LogP contribution in [0.3, 0.4) is 0 Å². The Labute approximate surface area is 379 Å². The highest BCUT2D eigenvalue weighted by molar-refractivity contribution is 7.00. The minimum Gasteiger partial charge on any atom is -0.454 e. The van der Waals surface area contributed by atoms with E-state index in [1.165, 1.54) is 117 Å². The summed E-state index contributed by atoms with van der Waals surface area (Å²) in [5, 5.41) is 2.31. The van der Waals surface area contributed by atoms with E-state index in [0.29, 0.717) is 0 Å². The van der Waals surface area contributed by atoms with E-state index in [4.69, 9.17) is 4.42 Å². The Kier molecular flexibility index (Phi) is 9.20. The molecule has 64 heavy (non-hydrogen) atoms. The Balaban J connectivity index is 1.21. The molecule has 1 unspecified atom stereocenters. The molecule has 0 amide bonds. The molecule has 5 heteroatoms. The predicted molar refractivity (Wildman–Crippen MR) is 273 cm³/mol. The van der Waals surface area contributed by atoms with Gasteiger partial charge in [0.05, 0.1) is 5.69 Å². The van der Waals surface area contributed by atoms with Gasteiger partial charge in [-0.2, -0.15) is 0 Å². The lowest BCUT2D eigenvalue weighted by Crippen LogP contribution is -2.62. The van der Waals surface area contributed by atoms with E-state index in [2.05, 4.69) is 189 Å². The number of hydrogen-bond donors (Lipinski definition) is 0. The first-order valence-electron chi connectivity index (χ1n) is 24.1. The van der Waals surface area contributed by atoms with E-state index in [1.54, 1.807) is 0 Å². The molecule has 0 spiro atoms. The van der Waals surface area contributed by atoms with Gasteiger partial charge in [-0.3, -0.25) is 0 Å². The van der Waals surface area contributed by atoms with E-state index in [1.807, 2.05) is 0 Å². The summed E-state index contributed by atoms with van der Waals surface area (Å²) in [4.78, 5) is 7.92. The van der Waals surface area contributed by atoms with E-state index in [9.17, 15) is 0 Å². The number of benzene rings is 7. The van der Waals surface area contributed by atoms with Crippen LogP contribution in [0.5, 0.6) is 0 Å². The van der Waals surface area contributed by atoms with Crippen LogP contribution in [0.2, 0.25) is 0 Å². The molecule has 0 fully saturated rings. The van der Waals surface area contributed by atoms with Crippen LogP contribution in [0.15, 0.2) is 144 Å². The average Bonchev–Trinajstić information content (AvgIpc) is 3.84. The number of rotatable bonds is 8. The molecule has 3 aliphatic heterocycles. The lowest BCUT2D eigenvalue weighted by atomic mass is 9.33. The molecule has 4 heterocycles. The Bertz CT molecular complexity index is 3110. The summed E-state index contributed by atoms with van der Waals surface area (Å²) < 4.78 is 6.99. The van der Waals surface area contributed by atoms with Crippen molar-refractivity contribution in [1.82, 2.24) is 0 Å². The van der Waals surface area contributed by atoms with Crippen molar-refractivity contribution in [2.45, 2.75) is 103 Å². The number of fused-ring (bicyclic) bond motifs is 10. The molecule has 0 radical (unpaired) electrons. The first kappa shape index (κ1) is 39.4. The first-order valence-corrected chi connectivity index (χ1v) is 24.1. The normalized spacial score (nSPS) is 17.4. The molecule has 0 saturated heterocycles. The zero-order valence-corrected chi connectivity index (χ0v) is 38.2. The molecule has 4 nitrogen and oxygen atoms in total. The fourth-order valence-electron chi connectivity index (χ4n) is 12.0. The zero-order valence-electron chi connectivity index (χ0n) is 38.2. The topological polar surface area (TPSA) is 22.9 Å². The van der Waals surface area contributed by atoms with Crippen molar-refractivity contribution in [3.63, 3.8) is 0 Å². The molecular weight excluding hydrogens is 777 g/mol. The number of para-hydroxylation sites is 4. The lowest BCUT2D eigenvalue weighted by Gasteiger charge is -2.46. The second-order valence-electron chi connectivity index (χ2n) is 20.4. The molecule has 12 rings (SSSR count). The van der Waals surface area contributed by atoms with Gasteiger partial charge in [-0.15, -0.1) is 0 Å². The van der Waals surface area contributed by atoms with Gasteiger partial charge in [-0.25, -0.2) is 0 Å². The van der Waals surface area contributed by atoms with Gasteiger partial charge in [0.25, 0.3) is 6.71 Å². The second-order valence-corrected chi connectivity index (χ2v) is 20.4. The molecule has 1 aromatic heterocycles. The zero-order chi connectivity index (χ0) is 43.3. The van der Waals surface area contributed by atoms with Crippen LogP contribution < -0.4 is 31.1 Å². The molecule has 8 aromatic rings. The maximum atomic E-state index is 6.99. The Morgan fingerprint density at radius 2 is 1.36 bits per heavy atom. The van der Waals surface area contributed by atoms with Crippen molar-refractivity contribution in [3.05, 3.63) is 162 Å². The van der Waals surface area contributed by atoms with Gasteiger partial charge in [0.2, 0.25) is 0 Å². The number of aryl methyl sites for hydroxylation is 1. The molecule has 0 saturated carbocycles. The number of furan rings is 1. The number of nitrogens with zero attached hydrogens (tertiary/aromatic N) is 3. The van der Waals surface area contributed by atoms with Crippen LogP contribution in [-0.4, -0.2) is 13.3 Å². The van der Waals surface area contributed by atoms with Crippen molar-refractivity contribution >= 4 is 90.5 Å². The summed E-state index contributed by atoms with van der Waals surface area (Å²) in [5.41, 5.74) is 22.0. The van der Waals surface area contributed by atoms with Crippen LogP contribution in [0, 0.1) is 0 Å². The molecule has 0 bridgehead atoms. The Morgan fingerprint density at radius 3 is 2.16 bits per heavy atom. The third kappa shape index (κ3) is 6.02. The molecule has 0 N–H and O–H groups in total. The first-order chi connectivity index (χ1) is 31.2. The maximum absolute atomic E-state index is 6.99. The number of unbranched alkanes of at least 4 members (excludes halogenated alkanes) is 3. The number of anilines is 8.